The minimum atomic E-state index is -0.787. The Hall–Kier alpha value is -2.54. The van der Waals surface area contributed by atoms with Crippen LogP contribution in [0.4, 0.5) is 0 Å². The van der Waals surface area contributed by atoms with Gasteiger partial charge in [-0.25, -0.2) is 0 Å². The second-order valence-electron chi connectivity index (χ2n) is 8.38. The summed E-state index contributed by atoms with van der Waals surface area (Å²) >= 11 is 12.4. The van der Waals surface area contributed by atoms with E-state index in [9.17, 15) is 14.7 Å². The number of halogens is 2. The van der Waals surface area contributed by atoms with Gasteiger partial charge in [-0.2, -0.15) is 0 Å². The van der Waals surface area contributed by atoms with Gasteiger partial charge in [0.05, 0.1) is 28.7 Å². The second kappa shape index (κ2) is 8.67. The number of rotatable bonds is 5. The first-order chi connectivity index (χ1) is 15.8. The van der Waals surface area contributed by atoms with Crippen molar-refractivity contribution in [1.29, 1.82) is 0 Å². The number of fused-ring (bicyclic) bond motifs is 1. The van der Waals surface area contributed by atoms with E-state index in [-0.39, 0.29) is 5.91 Å². The standard InChI is InChI=1S/C23H20Cl2N2O4.C2H6/c1-27-17-7-6-16(24)19(25)15(17)10-18(27)20(28)26-23(11-31-12-23)14-4-2-13(3-5-14)22(8-9-22)21(29)30;1-2/h2-7,10H,8-9,11-12H2,1H3,(H,26,28)(H,29,30);1-2H3. The number of aliphatic carboxylic acids is 1. The molecule has 2 heterocycles. The van der Waals surface area contributed by atoms with Crippen molar-refractivity contribution in [2.45, 2.75) is 37.6 Å². The van der Waals surface area contributed by atoms with Crippen LogP contribution in [0, 0.1) is 0 Å². The highest BCUT2D eigenvalue weighted by Gasteiger charge is 2.52. The first-order valence-corrected chi connectivity index (χ1v) is 11.7. The molecule has 1 saturated heterocycles. The van der Waals surface area contributed by atoms with Crippen LogP contribution in [0.5, 0.6) is 0 Å². The number of carbonyl (C=O) groups excluding carboxylic acids is 1. The number of carbonyl (C=O) groups is 2. The van der Waals surface area contributed by atoms with E-state index in [1.807, 2.05) is 44.2 Å². The lowest BCUT2D eigenvalue weighted by molar-refractivity contribution is -0.140. The lowest BCUT2D eigenvalue weighted by Gasteiger charge is -2.42. The predicted octanol–water partition coefficient (Wildman–Crippen LogP) is 5.28. The highest BCUT2D eigenvalue weighted by Crippen LogP contribution is 2.48. The third-order valence-corrected chi connectivity index (χ3v) is 7.36. The average Bonchev–Trinajstić information content (AvgIpc) is 3.54. The third-order valence-electron chi connectivity index (χ3n) is 6.55. The third kappa shape index (κ3) is 3.80. The van der Waals surface area contributed by atoms with Crippen LogP contribution >= 0.6 is 23.2 Å². The summed E-state index contributed by atoms with van der Waals surface area (Å²) < 4.78 is 7.23. The van der Waals surface area contributed by atoms with Crippen LogP contribution in [0.25, 0.3) is 10.9 Å². The zero-order chi connectivity index (χ0) is 24.0. The molecule has 6 nitrogen and oxygen atoms in total. The molecule has 174 valence electrons. The molecule has 5 rings (SSSR count). The van der Waals surface area contributed by atoms with Crippen molar-refractivity contribution in [3.8, 4) is 0 Å². The van der Waals surface area contributed by atoms with E-state index in [4.69, 9.17) is 27.9 Å². The van der Waals surface area contributed by atoms with Crippen molar-refractivity contribution in [3.05, 3.63) is 69.3 Å². The van der Waals surface area contributed by atoms with Crippen LogP contribution in [-0.4, -0.2) is 34.8 Å². The summed E-state index contributed by atoms with van der Waals surface area (Å²) in [6.45, 7) is 4.69. The fourth-order valence-electron chi connectivity index (χ4n) is 4.32. The van der Waals surface area contributed by atoms with Crippen LogP contribution in [-0.2, 0) is 27.5 Å². The maximum absolute atomic E-state index is 13.2. The van der Waals surface area contributed by atoms with Crippen molar-refractivity contribution < 1.29 is 19.4 Å². The number of nitrogens with zero attached hydrogens (tertiary/aromatic N) is 1. The Morgan fingerprint density at radius 1 is 1.03 bits per heavy atom. The van der Waals surface area contributed by atoms with Gasteiger partial charge in [0.1, 0.15) is 11.2 Å². The molecular formula is C25H26Cl2N2O4. The largest absolute Gasteiger partial charge is 0.481 e. The molecule has 1 aliphatic carbocycles. The van der Waals surface area contributed by atoms with E-state index in [0.717, 1.165) is 16.6 Å². The van der Waals surface area contributed by atoms with Gasteiger partial charge in [0.2, 0.25) is 0 Å². The second-order valence-corrected chi connectivity index (χ2v) is 9.16. The van der Waals surface area contributed by atoms with Crippen molar-refractivity contribution in [1.82, 2.24) is 9.88 Å². The van der Waals surface area contributed by atoms with Gasteiger partial charge in [-0.1, -0.05) is 61.3 Å². The normalized spacial score (nSPS) is 17.5. The van der Waals surface area contributed by atoms with Crippen LogP contribution in [0.1, 0.15) is 48.3 Å². The van der Waals surface area contributed by atoms with Gasteiger partial charge >= 0.3 is 5.97 Å². The predicted molar refractivity (Wildman–Crippen MR) is 129 cm³/mol. The molecule has 3 aromatic rings. The molecule has 0 radical (unpaired) electrons. The number of benzene rings is 2. The van der Waals surface area contributed by atoms with E-state index in [1.54, 1.807) is 23.7 Å². The van der Waals surface area contributed by atoms with Gasteiger partial charge in [-0.15, -0.1) is 0 Å². The Morgan fingerprint density at radius 2 is 1.64 bits per heavy atom. The summed E-state index contributed by atoms with van der Waals surface area (Å²) in [7, 11) is 1.81. The fraction of sp³-hybridized carbons (Fsp3) is 0.360. The van der Waals surface area contributed by atoms with Crippen molar-refractivity contribution in [2.24, 2.45) is 7.05 Å². The first kappa shape index (κ1) is 23.6. The van der Waals surface area contributed by atoms with Gasteiger partial charge in [-0.05, 0) is 42.2 Å². The number of aromatic nitrogens is 1. The monoisotopic (exact) mass is 488 g/mol. The van der Waals surface area contributed by atoms with E-state index in [1.165, 1.54) is 0 Å². The van der Waals surface area contributed by atoms with Crippen molar-refractivity contribution in [2.75, 3.05) is 13.2 Å². The van der Waals surface area contributed by atoms with E-state index in [2.05, 4.69) is 5.32 Å². The Bertz CT molecular complexity index is 1230. The molecule has 8 heteroatoms. The molecule has 0 spiro atoms. The first-order valence-electron chi connectivity index (χ1n) is 11.0. The molecule has 1 saturated carbocycles. The van der Waals surface area contributed by atoms with Crippen molar-refractivity contribution in [3.63, 3.8) is 0 Å². The lowest BCUT2D eigenvalue weighted by Crippen LogP contribution is -2.59. The molecule has 0 bridgehead atoms. The molecule has 2 N–H and O–H groups in total. The summed E-state index contributed by atoms with van der Waals surface area (Å²) in [6.07, 6.45) is 1.31. The molecule has 1 aromatic heterocycles. The van der Waals surface area contributed by atoms with Crippen molar-refractivity contribution >= 4 is 46.0 Å². The maximum Gasteiger partial charge on any atom is 0.314 e. The Labute approximate surface area is 202 Å². The van der Waals surface area contributed by atoms with Gasteiger partial charge in [0.15, 0.2) is 0 Å². The van der Waals surface area contributed by atoms with Crippen LogP contribution < -0.4 is 5.32 Å². The van der Waals surface area contributed by atoms with E-state index < -0.39 is 16.9 Å². The average molecular weight is 489 g/mol. The Balaban J connectivity index is 0.00000126. The molecule has 1 amide bonds. The SMILES string of the molecule is CC.Cn1c(C(=O)NC2(c3ccc(C4(C(=O)O)CC4)cc3)COC2)cc2c(Cl)c(Cl)ccc21. The Morgan fingerprint density at radius 3 is 2.15 bits per heavy atom. The molecular weight excluding hydrogens is 463 g/mol. The molecule has 33 heavy (non-hydrogen) atoms. The number of carboxylic acids is 1. The summed E-state index contributed by atoms with van der Waals surface area (Å²) in [4.78, 5) is 24.8. The van der Waals surface area contributed by atoms with Crippen LogP contribution in [0.15, 0.2) is 42.5 Å². The molecule has 2 aromatic carbocycles. The molecule has 0 unspecified atom stereocenters. The van der Waals surface area contributed by atoms with Crippen LogP contribution in [0.3, 0.4) is 0 Å². The number of hydrogen-bond acceptors (Lipinski definition) is 3. The lowest BCUT2D eigenvalue weighted by atomic mass is 9.85. The van der Waals surface area contributed by atoms with Gasteiger partial charge in [0, 0.05) is 18.0 Å². The summed E-state index contributed by atoms with van der Waals surface area (Å²) in [5.74, 6) is -1.03. The Kier molecular flexibility index (Phi) is 6.20. The number of carboxylic acid groups (broad SMARTS) is 1. The highest BCUT2D eigenvalue weighted by atomic mass is 35.5. The number of hydrogen-bond donors (Lipinski definition) is 2. The molecule has 1 aliphatic heterocycles. The fourth-order valence-corrected chi connectivity index (χ4v) is 4.70. The van der Waals surface area contributed by atoms with Crippen LogP contribution in [0.2, 0.25) is 10.0 Å². The van der Waals surface area contributed by atoms with E-state index in [0.29, 0.717) is 47.2 Å². The van der Waals surface area contributed by atoms with Gasteiger partial charge in [-0.3, -0.25) is 9.59 Å². The number of aryl methyl sites for hydroxylation is 1. The zero-order valence-corrected chi connectivity index (χ0v) is 20.3. The summed E-state index contributed by atoms with van der Waals surface area (Å²) in [5.41, 5.74) is 1.54. The van der Waals surface area contributed by atoms with E-state index >= 15 is 0 Å². The molecule has 2 fully saturated rings. The smallest absolute Gasteiger partial charge is 0.314 e. The minimum absolute atomic E-state index is 0.248. The highest BCUT2D eigenvalue weighted by molar-refractivity contribution is 6.45. The number of ether oxygens (including phenoxy) is 1. The maximum atomic E-state index is 13.2. The van der Waals surface area contributed by atoms with Gasteiger partial charge < -0.3 is 19.7 Å². The molecule has 2 aliphatic rings. The summed E-state index contributed by atoms with van der Waals surface area (Å²) in [6, 6.07) is 12.7. The minimum Gasteiger partial charge on any atom is -0.481 e. The molecule has 0 atom stereocenters. The zero-order valence-electron chi connectivity index (χ0n) is 18.7. The number of amides is 1. The van der Waals surface area contributed by atoms with Gasteiger partial charge in [0.25, 0.3) is 5.91 Å². The topological polar surface area (TPSA) is 80.6 Å². The number of nitrogens with one attached hydrogen (secondary N) is 1. The summed E-state index contributed by atoms with van der Waals surface area (Å²) in [5, 5.41) is 14.2. The quantitative estimate of drug-likeness (QED) is 0.511.